The van der Waals surface area contributed by atoms with E-state index in [4.69, 9.17) is 4.98 Å². The number of hydrogen-bond acceptors (Lipinski definition) is 5. The molecule has 0 fully saturated rings. The molecule has 0 radical (unpaired) electrons. The predicted molar refractivity (Wildman–Crippen MR) is 119 cm³/mol. The number of imidazole rings is 1. The smallest absolute Gasteiger partial charge is 0.180 e. The molecule has 2 aliphatic heterocycles. The van der Waals surface area contributed by atoms with Crippen molar-refractivity contribution in [2.24, 2.45) is 4.99 Å². The average molecular weight is 394 g/mol. The molecule has 2 aromatic heterocycles. The van der Waals surface area contributed by atoms with Gasteiger partial charge in [-0.2, -0.15) is 0 Å². The van der Waals surface area contributed by atoms with Gasteiger partial charge in [0.05, 0.1) is 12.2 Å². The normalized spacial score (nSPS) is 15.4. The van der Waals surface area contributed by atoms with Crippen LogP contribution in [0.2, 0.25) is 0 Å². The van der Waals surface area contributed by atoms with Crippen LogP contribution in [0.3, 0.4) is 0 Å². The first-order valence-corrected chi connectivity index (χ1v) is 10.3. The van der Waals surface area contributed by atoms with Crippen molar-refractivity contribution in [3.05, 3.63) is 77.2 Å². The lowest BCUT2D eigenvalue weighted by molar-refractivity contribution is 0.313. The maximum atomic E-state index is 4.94. The van der Waals surface area contributed by atoms with E-state index in [0.717, 1.165) is 54.5 Å². The summed E-state index contributed by atoms with van der Waals surface area (Å²) in [7, 11) is 2.17. The lowest BCUT2D eigenvalue weighted by Crippen LogP contribution is -2.26. The van der Waals surface area contributed by atoms with Crippen LogP contribution in [-0.2, 0) is 19.5 Å². The molecule has 2 aromatic carbocycles. The summed E-state index contributed by atoms with van der Waals surface area (Å²) in [6.07, 6.45) is 8.82. The van der Waals surface area contributed by atoms with Crippen molar-refractivity contribution >= 4 is 23.4 Å². The summed E-state index contributed by atoms with van der Waals surface area (Å²) >= 11 is 0. The van der Waals surface area contributed by atoms with Gasteiger partial charge in [-0.15, -0.1) is 0 Å². The second-order valence-corrected chi connectivity index (χ2v) is 8.11. The number of aliphatic imine (C=N–C) groups is 1. The van der Waals surface area contributed by atoms with Crippen molar-refractivity contribution in [1.82, 2.24) is 19.3 Å². The second kappa shape index (κ2) is 6.78. The molecule has 2 aliphatic rings. The van der Waals surface area contributed by atoms with Crippen molar-refractivity contribution in [3.63, 3.8) is 0 Å². The van der Waals surface area contributed by atoms with Gasteiger partial charge in [-0.3, -0.25) is 4.99 Å². The Hall–Kier alpha value is -3.51. The third kappa shape index (κ3) is 2.97. The van der Waals surface area contributed by atoms with Crippen LogP contribution >= 0.6 is 0 Å². The fourth-order valence-corrected chi connectivity index (χ4v) is 4.33. The van der Waals surface area contributed by atoms with Gasteiger partial charge < -0.3 is 14.6 Å². The zero-order valence-electron chi connectivity index (χ0n) is 16.8. The maximum Gasteiger partial charge on any atom is 0.180 e. The molecule has 4 aromatic rings. The molecule has 0 saturated heterocycles. The van der Waals surface area contributed by atoms with E-state index in [0.29, 0.717) is 0 Å². The number of nitrogens with one attached hydrogen (secondary N) is 1. The van der Waals surface area contributed by atoms with Gasteiger partial charge in [-0.25, -0.2) is 9.97 Å². The zero-order chi connectivity index (χ0) is 20.1. The highest BCUT2D eigenvalue weighted by molar-refractivity contribution is 5.86. The van der Waals surface area contributed by atoms with Gasteiger partial charge >= 0.3 is 0 Å². The summed E-state index contributed by atoms with van der Waals surface area (Å²) in [5.74, 6) is 0.766. The Morgan fingerprint density at radius 2 is 2.00 bits per heavy atom. The number of likely N-dealkylation sites (N-methyl/N-ethyl adjacent to an activating group) is 1. The van der Waals surface area contributed by atoms with E-state index in [1.807, 2.05) is 29.2 Å². The molecule has 6 rings (SSSR count). The first kappa shape index (κ1) is 17.4. The van der Waals surface area contributed by atoms with Crippen molar-refractivity contribution in [2.75, 3.05) is 18.9 Å². The highest BCUT2D eigenvalue weighted by atomic mass is 15.1. The van der Waals surface area contributed by atoms with E-state index in [-0.39, 0.29) is 0 Å². The minimum absolute atomic E-state index is 0.742. The lowest BCUT2D eigenvalue weighted by Gasteiger charge is -2.25. The van der Waals surface area contributed by atoms with E-state index in [2.05, 4.69) is 63.6 Å². The average Bonchev–Trinajstić information content (AvgIpc) is 3.42. The molecule has 6 nitrogen and oxygen atoms in total. The van der Waals surface area contributed by atoms with Gasteiger partial charge in [0.2, 0.25) is 0 Å². The molecule has 0 spiro atoms. The molecule has 0 unspecified atom stereocenters. The summed E-state index contributed by atoms with van der Waals surface area (Å²) in [5, 5.41) is 3.52. The van der Waals surface area contributed by atoms with Gasteiger partial charge in [-0.05, 0) is 53.9 Å². The monoisotopic (exact) mass is 394 g/mol. The third-order valence-corrected chi connectivity index (χ3v) is 5.98. The summed E-state index contributed by atoms with van der Waals surface area (Å²) in [6.45, 7) is 2.85. The number of anilines is 2. The predicted octanol–water partition coefficient (Wildman–Crippen LogP) is 4.06. The zero-order valence-corrected chi connectivity index (χ0v) is 16.8. The quantitative estimate of drug-likeness (QED) is 0.569. The summed E-state index contributed by atoms with van der Waals surface area (Å²) < 4.78 is 2.03. The molecule has 0 bridgehead atoms. The highest BCUT2D eigenvalue weighted by Gasteiger charge is 2.15. The number of benzene rings is 2. The van der Waals surface area contributed by atoms with Crippen LogP contribution in [0.15, 0.2) is 60.0 Å². The van der Waals surface area contributed by atoms with Crippen LogP contribution in [0, 0.1) is 0 Å². The first-order valence-electron chi connectivity index (χ1n) is 10.3. The topological polar surface area (TPSA) is 57.8 Å². The van der Waals surface area contributed by atoms with Crippen LogP contribution in [0.4, 0.5) is 11.5 Å². The van der Waals surface area contributed by atoms with Crippen molar-refractivity contribution in [2.45, 2.75) is 19.5 Å². The van der Waals surface area contributed by atoms with Crippen molar-refractivity contribution < 1.29 is 0 Å². The molecular formula is C24H22N6. The Balaban J connectivity index is 1.39. The summed E-state index contributed by atoms with van der Waals surface area (Å²) in [5.41, 5.74) is 9.13. The molecule has 148 valence electrons. The van der Waals surface area contributed by atoms with E-state index in [9.17, 15) is 0 Å². The Kier molecular flexibility index (Phi) is 3.92. The number of nitrogens with zero attached hydrogens (tertiary/aromatic N) is 5. The van der Waals surface area contributed by atoms with E-state index in [1.54, 1.807) is 0 Å². The van der Waals surface area contributed by atoms with Crippen LogP contribution in [0.5, 0.6) is 0 Å². The number of rotatable bonds is 3. The minimum atomic E-state index is 0.742. The lowest BCUT2D eigenvalue weighted by atomic mass is 9.99. The van der Waals surface area contributed by atoms with Crippen LogP contribution in [0.25, 0.3) is 16.9 Å². The van der Waals surface area contributed by atoms with Gasteiger partial charge in [-0.1, -0.05) is 18.2 Å². The molecule has 0 atom stereocenters. The Morgan fingerprint density at radius 1 is 1.03 bits per heavy atom. The molecule has 30 heavy (non-hydrogen) atoms. The molecule has 0 saturated carbocycles. The molecular weight excluding hydrogens is 372 g/mol. The fraction of sp³-hybridized carbons (Fsp3) is 0.208. The Morgan fingerprint density at radius 3 is 2.97 bits per heavy atom. The van der Waals surface area contributed by atoms with Crippen LogP contribution in [0.1, 0.15) is 22.3 Å². The third-order valence-electron chi connectivity index (χ3n) is 5.98. The van der Waals surface area contributed by atoms with E-state index < -0.39 is 0 Å². The number of fused-ring (bicyclic) bond motifs is 3. The SMILES string of the molecule is CN1CCc2cc(Nc3nc(-c4ccc5c(c4)CN=C5)cn4ccnc34)ccc2C1. The van der Waals surface area contributed by atoms with Gasteiger partial charge in [0.25, 0.3) is 0 Å². The van der Waals surface area contributed by atoms with Gasteiger partial charge in [0, 0.05) is 49.1 Å². The van der Waals surface area contributed by atoms with Gasteiger partial charge in [0.15, 0.2) is 11.5 Å². The Bertz CT molecular complexity index is 1300. The highest BCUT2D eigenvalue weighted by Crippen LogP contribution is 2.28. The second-order valence-electron chi connectivity index (χ2n) is 8.11. The molecule has 0 aliphatic carbocycles. The van der Waals surface area contributed by atoms with E-state index in [1.165, 1.54) is 22.3 Å². The standard InChI is InChI=1S/C24H22N6/c1-29-8-6-16-11-21(5-4-19(16)14-29)27-23-24-26-7-9-30(24)15-22(28-23)17-2-3-18-12-25-13-20(18)10-17/h2-5,7,9-12,15H,6,8,13-14H2,1H3,(H,27,28). The first-order chi connectivity index (χ1) is 14.7. The number of hydrogen-bond donors (Lipinski definition) is 1. The molecule has 4 heterocycles. The molecule has 6 heteroatoms. The van der Waals surface area contributed by atoms with Crippen LogP contribution < -0.4 is 5.32 Å². The maximum absolute atomic E-state index is 4.94. The van der Waals surface area contributed by atoms with Crippen LogP contribution in [-0.4, -0.2) is 39.1 Å². The van der Waals surface area contributed by atoms with Crippen molar-refractivity contribution in [3.8, 4) is 11.3 Å². The summed E-state index contributed by atoms with van der Waals surface area (Å²) in [6, 6.07) is 13.0. The van der Waals surface area contributed by atoms with E-state index >= 15 is 0 Å². The molecule has 1 N–H and O–H groups in total. The minimum Gasteiger partial charge on any atom is -0.337 e. The van der Waals surface area contributed by atoms with Crippen molar-refractivity contribution in [1.29, 1.82) is 0 Å². The largest absolute Gasteiger partial charge is 0.337 e. The number of aromatic nitrogens is 3. The summed E-state index contributed by atoms with van der Waals surface area (Å²) in [4.78, 5) is 16.2. The van der Waals surface area contributed by atoms with Gasteiger partial charge in [0.1, 0.15) is 0 Å². The Labute approximate surface area is 174 Å². The fourth-order valence-electron chi connectivity index (χ4n) is 4.33. The molecule has 0 amide bonds.